The normalized spacial score (nSPS) is 14.2. The number of carbonyl (C=O) groups excluding carboxylic acids is 3. The van der Waals surface area contributed by atoms with E-state index in [4.69, 9.17) is 4.74 Å². The number of amides is 3. The van der Waals surface area contributed by atoms with Crippen molar-refractivity contribution in [1.82, 2.24) is 9.80 Å². The summed E-state index contributed by atoms with van der Waals surface area (Å²) in [6.07, 6.45) is 0. The first-order valence-electron chi connectivity index (χ1n) is 9.05. The van der Waals surface area contributed by atoms with Crippen molar-refractivity contribution in [3.63, 3.8) is 0 Å². The second-order valence-electron chi connectivity index (χ2n) is 6.63. The van der Waals surface area contributed by atoms with Gasteiger partial charge in [-0.05, 0) is 30.2 Å². The fourth-order valence-electron chi connectivity index (χ4n) is 3.12. The molecule has 1 aliphatic rings. The zero-order chi connectivity index (χ0) is 20.1. The summed E-state index contributed by atoms with van der Waals surface area (Å²) in [6, 6.07) is 14.8. The van der Waals surface area contributed by atoms with Crippen molar-refractivity contribution in [2.75, 3.05) is 32.1 Å². The minimum atomic E-state index is -0.657. The molecule has 1 N–H and O–H groups in total. The zero-order valence-corrected chi connectivity index (χ0v) is 16.0. The maximum absolute atomic E-state index is 12.5. The van der Waals surface area contributed by atoms with E-state index >= 15 is 0 Å². The molecule has 3 rings (SSSR count). The predicted molar refractivity (Wildman–Crippen MR) is 105 cm³/mol. The number of anilines is 1. The lowest BCUT2D eigenvalue weighted by Gasteiger charge is -2.33. The van der Waals surface area contributed by atoms with E-state index in [-0.39, 0.29) is 12.5 Å². The second-order valence-corrected chi connectivity index (χ2v) is 6.63. The van der Waals surface area contributed by atoms with Gasteiger partial charge in [0.1, 0.15) is 12.3 Å². The van der Waals surface area contributed by atoms with Gasteiger partial charge < -0.3 is 19.9 Å². The lowest BCUT2D eigenvalue weighted by atomic mass is 10.1. The zero-order valence-electron chi connectivity index (χ0n) is 16.0. The molecule has 28 heavy (non-hydrogen) atoms. The van der Waals surface area contributed by atoms with Gasteiger partial charge in [0.05, 0.1) is 12.8 Å². The van der Waals surface area contributed by atoms with Gasteiger partial charge in [-0.25, -0.2) is 0 Å². The average Bonchev–Trinajstić information content (AvgIpc) is 2.69. The molecule has 7 nitrogen and oxygen atoms in total. The summed E-state index contributed by atoms with van der Waals surface area (Å²) in [5.74, 6) is -1.09. The van der Waals surface area contributed by atoms with Crippen LogP contribution in [0, 0.1) is 6.92 Å². The van der Waals surface area contributed by atoms with Crippen molar-refractivity contribution in [1.29, 1.82) is 0 Å². The summed E-state index contributed by atoms with van der Waals surface area (Å²) < 4.78 is 5.20. The van der Waals surface area contributed by atoms with Gasteiger partial charge in [0.15, 0.2) is 0 Å². The van der Waals surface area contributed by atoms with E-state index in [1.165, 1.54) is 16.9 Å². The number of nitrogens with zero attached hydrogens (tertiary/aromatic N) is 2. The largest absolute Gasteiger partial charge is 0.495 e. The molecule has 146 valence electrons. The van der Waals surface area contributed by atoms with Gasteiger partial charge in [-0.1, -0.05) is 36.4 Å². The van der Waals surface area contributed by atoms with Crippen LogP contribution in [0.2, 0.25) is 0 Å². The molecule has 0 atom stereocenters. The number of aryl methyl sites for hydroxylation is 1. The molecule has 0 saturated carbocycles. The molecule has 1 saturated heterocycles. The fourth-order valence-corrected chi connectivity index (χ4v) is 3.12. The van der Waals surface area contributed by atoms with Crippen LogP contribution in [-0.4, -0.2) is 54.3 Å². The number of methoxy groups -OCH3 is 1. The number of ether oxygens (including phenoxy) is 1. The van der Waals surface area contributed by atoms with Gasteiger partial charge in [0, 0.05) is 19.6 Å². The van der Waals surface area contributed by atoms with Crippen LogP contribution < -0.4 is 10.1 Å². The molecule has 7 heteroatoms. The minimum absolute atomic E-state index is 0.180. The van der Waals surface area contributed by atoms with E-state index in [9.17, 15) is 14.4 Å². The Hall–Kier alpha value is -3.35. The molecule has 0 unspecified atom stereocenters. The van der Waals surface area contributed by atoms with Crippen LogP contribution in [0.15, 0.2) is 48.5 Å². The minimum Gasteiger partial charge on any atom is -0.495 e. The SMILES string of the molecule is COc1ccccc1NC(=O)CN1CCN(Cc2ccccc2C)C(=O)C1=O. The molecule has 0 aromatic heterocycles. The van der Waals surface area contributed by atoms with Gasteiger partial charge in [-0.3, -0.25) is 14.4 Å². The monoisotopic (exact) mass is 381 g/mol. The molecule has 2 aromatic rings. The lowest BCUT2D eigenvalue weighted by molar-refractivity contribution is -0.157. The molecular weight excluding hydrogens is 358 g/mol. The van der Waals surface area contributed by atoms with Crippen LogP contribution >= 0.6 is 0 Å². The van der Waals surface area contributed by atoms with Crippen LogP contribution in [0.1, 0.15) is 11.1 Å². The second kappa shape index (κ2) is 8.56. The van der Waals surface area contributed by atoms with Crippen LogP contribution in [0.4, 0.5) is 5.69 Å². The summed E-state index contributed by atoms with van der Waals surface area (Å²) in [5, 5.41) is 2.72. The number of nitrogens with one attached hydrogen (secondary N) is 1. The standard InChI is InChI=1S/C21H23N3O4/c1-15-7-3-4-8-16(15)13-23-11-12-24(21(27)20(23)26)14-19(25)22-17-9-5-6-10-18(17)28-2/h3-10H,11-14H2,1-2H3,(H,22,25). The number of carbonyl (C=O) groups is 3. The number of hydrogen-bond donors (Lipinski definition) is 1. The van der Waals surface area contributed by atoms with Crippen molar-refractivity contribution in [2.45, 2.75) is 13.5 Å². The molecule has 0 bridgehead atoms. The molecule has 1 fully saturated rings. The number of benzene rings is 2. The first-order chi connectivity index (χ1) is 13.5. The topological polar surface area (TPSA) is 79.0 Å². The Kier molecular flexibility index (Phi) is 5.93. The van der Waals surface area contributed by atoms with E-state index in [1.807, 2.05) is 31.2 Å². The molecule has 1 heterocycles. The van der Waals surface area contributed by atoms with Crippen LogP contribution in [0.25, 0.3) is 0 Å². The summed E-state index contributed by atoms with van der Waals surface area (Å²) in [5.41, 5.74) is 2.60. The van der Waals surface area contributed by atoms with E-state index in [0.717, 1.165) is 11.1 Å². The van der Waals surface area contributed by atoms with Gasteiger partial charge in [0.2, 0.25) is 5.91 Å². The van der Waals surface area contributed by atoms with E-state index in [1.54, 1.807) is 24.3 Å². The number of para-hydroxylation sites is 2. The molecule has 0 spiro atoms. The van der Waals surface area contributed by atoms with Crippen molar-refractivity contribution in [2.24, 2.45) is 0 Å². The lowest BCUT2D eigenvalue weighted by Crippen LogP contribution is -2.55. The summed E-state index contributed by atoms with van der Waals surface area (Å²) >= 11 is 0. The Balaban J connectivity index is 1.60. The third-order valence-electron chi connectivity index (χ3n) is 4.74. The van der Waals surface area contributed by atoms with Crippen molar-refractivity contribution >= 4 is 23.4 Å². The maximum Gasteiger partial charge on any atom is 0.312 e. The van der Waals surface area contributed by atoms with Gasteiger partial charge in [0.25, 0.3) is 0 Å². The molecule has 0 aliphatic carbocycles. The Morgan fingerprint density at radius 3 is 2.39 bits per heavy atom. The van der Waals surface area contributed by atoms with Gasteiger partial charge >= 0.3 is 11.8 Å². The Bertz CT molecular complexity index is 897. The van der Waals surface area contributed by atoms with Gasteiger partial charge in [-0.15, -0.1) is 0 Å². The first kappa shape index (κ1) is 19.4. The highest BCUT2D eigenvalue weighted by atomic mass is 16.5. The Morgan fingerprint density at radius 2 is 1.64 bits per heavy atom. The average molecular weight is 381 g/mol. The van der Waals surface area contributed by atoms with E-state index in [2.05, 4.69) is 5.32 Å². The van der Waals surface area contributed by atoms with Gasteiger partial charge in [-0.2, -0.15) is 0 Å². The quantitative estimate of drug-likeness (QED) is 0.774. The molecule has 1 aliphatic heterocycles. The van der Waals surface area contributed by atoms with Crippen LogP contribution in [0.5, 0.6) is 5.75 Å². The van der Waals surface area contributed by atoms with E-state index in [0.29, 0.717) is 31.1 Å². The van der Waals surface area contributed by atoms with E-state index < -0.39 is 11.8 Å². The number of rotatable bonds is 6. The highest BCUT2D eigenvalue weighted by molar-refractivity contribution is 6.35. The molecule has 0 radical (unpaired) electrons. The Labute approximate surface area is 163 Å². The highest BCUT2D eigenvalue weighted by Gasteiger charge is 2.33. The first-order valence-corrected chi connectivity index (χ1v) is 9.05. The van der Waals surface area contributed by atoms with Crippen molar-refractivity contribution in [3.8, 4) is 5.75 Å². The summed E-state index contributed by atoms with van der Waals surface area (Å²) in [7, 11) is 1.51. The third-order valence-corrected chi connectivity index (χ3v) is 4.74. The number of piperazine rings is 1. The highest BCUT2D eigenvalue weighted by Crippen LogP contribution is 2.23. The van der Waals surface area contributed by atoms with Crippen LogP contribution in [0.3, 0.4) is 0 Å². The smallest absolute Gasteiger partial charge is 0.312 e. The Morgan fingerprint density at radius 1 is 1.00 bits per heavy atom. The summed E-state index contributed by atoms with van der Waals surface area (Å²) in [4.78, 5) is 40.1. The molecule has 3 amide bonds. The van der Waals surface area contributed by atoms with Crippen molar-refractivity contribution < 1.29 is 19.1 Å². The predicted octanol–water partition coefficient (Wildman–Crippen LogP) is 1.81. The van der Waals surface area contributed by atoms with Crippen LogP contribution in [-0.2, 0) is 20.9 Å². The van der Waals surface area contributed by atoms with Crippen molar-refractivity contribution in [3.05, 3.63) is 59.7 Å². The third kappa shape index (κ3) is 4.31. The summed E-state index contributed by atoms with van der Waals surface area (Å²) in [6.45, 7) is 2.88. The molecule has 2 aromatic carbocycles. The maximum atomic E-state index is 12.5. The fraction of sp³-hybridized carbons (Fsp3) is 0.286. The molecular formula is C21H23N3O4. The number of hydrogen-bond acceptors (Lipinski definition) is 4.